The van der Waals surface area contributed by atoms with Crippen LogP contribution in [0.4, 0.5) is 10.1 Å². The van der Waals surface area contributed by atoms with Crippen LogP contribution in [-0.2, 0) is 6.54 Å². The van der Waals surface area contributed by atoms with E-state index in [1.54, 1.807) is 26.2 Å². The van der Waals surface area contributed by atoms with Crippen LogP contribution in [0.5, 0.6) is 5.88 Å². The van der Waals surface area contributed by atoms with E-state index in [1.165, 1.54) is 10.7 Å². The lowest BCUT2D eigenvalue weighted by molar-refractivity contribution is 0.291. The average molecular weight is 450 g/mol. The van der Waals surface area contributed by atoms with Gasteiger partial charge in [0, 0.05) is 25.0 Å². The molecule has 0 saturated carbocycles. The first-order valence-corrected chi connectivity index (χ1v) is 9.88. The maximum absolute atomic E-state index is 13.6. The number of nitrogens with zero attached hydrogens (tertiary/aromatic N) is 6. The quantitative estimate of drug-likeness (QED) is 0.351. The second-order valence-electron chi connectivity index (χ2n) is 6.72. The molecule has 2 N–H and O–H groups in total. The van der Waals surface area contributed by atoms with Gasteiger partial charge in [-0.15, -0.1) is 5.10 Å². The Balaban J connectivity index is 1.46. The van der Waals surface area contributed by atoms with Crippen LogP contribution in [0.2, 0.25) is 10.3 Å². The van der Waals surface area contributed by atoms with E-state index in [-0.39, 0.29) is 11.2 Å². The smallest absolute Gasteiger partial charge is 0.257 e. The maximum atomic E-state index is 13.6. The first kappa shape index (κ1) is 20.4. The molecular formula is C19H18Cl2FN7O. The zero-order valence-electron chi connectivity index (χ0n) is 16.2. The van der Waals surface area contributed by atoms with Gasteiger partial charge in [-0.1, -0.05) is 11.6 Å². The zero-order valence-corrected chi connectivity index (χ0v) is 17.7. The fraction of sp³-hybridized carbons (Fsp3) is 0.263. The van der Waals surface area contributed by atoms with E-state index in [0.717, 1.165) is 11.6 Å². The summed E-state index contributed by atoms with van der Waals surface area (Å²) in [5.74, 6) is -0.162. The normalized spacial score (nSPS) is 11.4. The number of fused-ring (bicyclic) bond motifs is 1. The van der Waals surface area contributed by atoms with Gasteiger partial charge in [-0.3, -0.25) is 4.98 Å². The lowest BCUT2D eigenvalue weighted by Crippen LogP contribution is -2.06. The van der Waals surface area contributed by atoms with Crippen molar-refractivity contribution in [2.75, 3.05) is 12.3 Å². The molecule has 0 unspecified atom stereocenters. The highest BCUT2D eigenvalue weighted by molar-refractivity contribution is 6.35. The average Bonchev–Trinajstić information content (AvgIpc) is 3.17. The summed E-state index contributed by atoms with van der Waals surface area (Å²) in [6, 6.07) is 1.36. The Labute approximate surface area is 181 Å². The molecule has 0 aliphatic rings. The molecule has 4 rings (SSSR count). The Kier molecular flexibility index (Phi) is 5.48. The highest BCUT2D eigenvalue weighted by atomic mass is 35.5. The minimum Gasteiger partial charge on any atom is -0.475 e. The molecule has 0 aliphatic heterocycles. The molecule has 8 nitrogen and oxygen atoms in total. The maximum Gasteiger partial charge on any atom is 0.257 e. The number of hydrogen-bond donors (Lipinski definition) is 1. The molecule has 0 aromatic carbocycles. The Morgan fingerprint density at radius 3 is 2.80 bits per heavy atom. The van der Waals surface area contributed by atoms with Gasteiger partial charge in [-0.25, -0.2) is 14.1 Å². The van der Waals surface area contributed by atoms with E-state index < -0.39 is 5.82 Å². The van der Waals surface area contributed by atoms with Gasteiger partial charge in [0.15, 0.2) is 0 Å². The summed E-state index contributed by atoms with van der Waals surface area (Å²) < 4.78 is 22.8. The van der Waals surface area contributed by atoms with Crippen molar-refractivity contribution < 1.29 is 9.13 Å². The van der Waals surface area contributed by atoms with Crippen LogP contribution in [0.1, 0.15) is 17.8 Å². The standard InChI is InChI=1S/C19H18Cl2FN7O/c1-10-15(6-12(22)7-24-10)29-11(2)16(23)18(27-29)30-5-3-4-28-9-14(20)13-8-25-19(21)26-17(13)28/h6-9H,3-5,23H2,1-2H3. The number of ether oxygens (including phenoxy) is 1. The Hall–Kier alpha value is -2.91. The van der Waals surface area contributed by atoms with Gasteiger partial charge in [0.1, 0.15) is 17.2 Å². The number of aryl methyl sites for hydroxylation is 2. The van der Waals surface area contributed by atoms with Gasteiger partial charge in [0.2, 0.25) is 5.28 Å². The molecule has 0 fully saturated rings. The number of nitrogen functional groups attached to an aromatic ring is 1. The Morgan fingerprint density at radius 1 is 1.20 bits per heavy atom. The molecule has 0 saturated heterocycles. The first-order chi connectivity index (χ1) is 14.3. The van der Waals surface area contributed by atoms with Gasteiger partial charge in [0.05, 0.1) is 40.3 Å². The summed E-state index contributed by atoms with van der Waals surface area (Å²) in [6.45, 7) is 4.52. The molecular weight excluding hydrogens is 432 g/mol. The van der Waals surface area contributed by atoms with Crippen molar-refractivity contribution in [3.05, 3.63) is 52.2 Å². The Bertz CT molecular complexity index is 1240. The highest BCUT2D eigenvalue weighted by Crippen LogP contribution is 2.28. The van der Waals surface area contributed by atoms with E-state index in [0.29, 0.717) is 53.0 Å². The Morgan fingerprint density at radius 2 is 2.00 bits per heavy atom. The summed E-state index contributed by atoms with van der Waals surface area (Å²) in [5, 5.41) is 5.84. The van der Waals surface area contributed by atoms with Crippen molar-refractivity contribution in [3.8, 4) is 11.6 Å². The molecule has 0 radical (unpaired) electrons. The number of halogens is 3. The van der Waals surface area contributed by atoms with Gasteiger partial charge in [0.25, 0.3) is 5.88 Å². The third-order valence-electron chi connectivity index (χ3n) is 4.70. The van der Waals surface area contributed by atoms with Crippen LogP contribution < -0.4 is 10.5 Å². The van der Waals surface area contributed by atoms with Gasteiger partial charge in [-0.2, -0.15) is 4.98 Å². The van der Waals surface area contributed by atoms with E-state index in [9.17, 15) is 4.39 Å². The largest absolute Gasteiger partial charge is 0.475 e. The second kappa shape index (κ2) is 8.08. The number of rotatable bonds is 6. The van der Waals surface area contributed by atoms with Crippen LogP contribution in [0.25, 0.3) is 16.7 Å². The molecule has 156 valence electrons. The fourth-order valence-corrected chi connectivity index (χ4v) is 3.50. The molecule has 4 aromatic heterocycles. The number of pyridine rings is 1. The number of nitrogens with two attached hydrogens (primary N) is 1. The van der Waals surface area contributed by atoms with Gasteiger partial charge in [-0.05, 0) is 31.9 Å². The molecule has 30 heavy (non-hydrogen) atoms. The van der Waals surface area contributed by atoms with Gasteiger partial charge >= 0.3 is 0 Å². The third kappa shape index (κ3) is 3.78. The number of aromatic nitrogens is 6. The van der Waals surface area contributed by atoms with E-state index in [2.05, 4.69) is 20.1 Å². The summed E-state index contributed by atoms with van der Waals surface area (Å²) in [4.78, 5) is 12.2. The molecule has 0 atom stereocenters. The SMILES string of the molecule is Cc1ncc(F)cc1-n1nc(OCCCn2cc(Cl)c3cnc(Cl)nc32)c(N)c1C. The summed E-state index contributed by atoms with van der Waals surface area (Å²) >= 11 is 12.1. The molecule has 0 bridgehead atoms. The van der Waals surface area contributed by atoms with E-state index in [1.807, 2.05) is 4.57 Å². The van der Waals surface area contributed by atoms with Crippen molar-refractivity contribution in [1.82, 2.24) is 29.3 Å². The van der Waals surface area contributed by atoms with Crippen molar-refractivity contribution >= 4 is 39.9 Å². The number of anilines is 1. The van der Waals surface area contributed by atoms with Crippen LogP contribution in [0, 0.1) is 19.7 Å². The van der Waals surface area contributed by atoms with Crippen molar-refractivity contribution in [2.24, 2.45) is 0 Å². The van der Waals surface area contributed by atoms with Crippen LogP contribution >= 0.6 is 23.2 Å². The van der Waals surface area contributed by atoms with Crippen LogP contribution in [-0.4, -0.2) is 35.9 Å². The minimum absolute atomic E-state index is 0.158. The summed E-state index contributed by atoms with van der Waals surface area (Å²) in [5.41, 5.74) is 8.99. The molecule has 11 heteroatoms. The summed E-state index contributed by atoms with van der Waals surface area (Å²) in [7, 11) is 0. The monoisotopic (exact) mass is 449 g/mol. The molecule has 0 aliphatic carbocycles. The van der Waals surface area contributed by atoms with E-state index >= 15 is 0 Å². The number of hydrogen-bond acceptors (Lipinski definition) is 6. The minimum atomic E-state index is -0.451. The molecule has 0 amide bonds. The molecule has 4 aromatic rings. The predicted molar refractivity (Wildman–Crippen MR) is 113 cm³/mol. The third-order valence-corrected chi connectivity index (χ3v) is 5.19. The lowest BCUT2D eigenvalue weighted by Gasteiger charge is -2.07. The molecule has 4 heterocycles. The van der Waals surface area contributed by atoms with Gasteiger partial charge < -0.3 is 15.0 Å². The topological polar surface area (TPSA) is 96.7 Å². The lowest BCUT2D eigenvalue weighted by atomic mass is 10.3. The van der Waals surface area contributed by atoms with Crippen LogP contribution in [0.15, 0.2) is 24.7 Å². The summed E-state index contributed by atoms with van der Waals surface area (Å²) in [6.07, 6.45) is 5.19. The van der Waals surface area contributed by atoms with Crippen molar-refractivity contribution in [1.29, 1.82) is 0 Å². The second-order valence-corrected chi connectivity index (χ2v) is 7.47. The van der Waals surface area contributed by atoms with Crippen molar-refractivity contribution in [2.45, 2.75) is 26.8 Å². The zero-order chi connectivity index (χ0) is 21.4. The predicted octanol–water partition coefficient (Wildman–Crippen LogP) is 4.13. The highest BCUT2D eigenvalue weighted by Gasteiger charge is 2.17. The van der Waals surface area contributed by atoms with Crippen molar-refractivity contribution in [3.63, 3.8) is 0 Å². The molecule has 0 spiro atoms. The van der Waals surface area contributed by atoms with Crippen LogP contribution in [0.3, 0.4) is 0 Å². The first-order valence-electron chi connectivity index (χ1n) is 9.12. The fourth-order valence-electron chi connectivity index (χ4n) is 3.12. The van der Waals surface area contributed by atoms with E-state index in [4.69, 9.17) is 33.7 Å².